The van der Waals surface area contributed by atoms with Crippen molar-refractivity contribution < 1.29 is 8.42 Å². The SMILES string of the molecule is Cc1cccc2c1N(CC(C)N)CCS2(=O)=O. The Kier molecular flexibility index (Phi) is 3.14. The minimum Gasteiger partial charge on any atom is -0.368 e. The Morgan fingerprint density at radius 1 is 1.47 bits per heavy atom. The van der Waals surface area contributed by atoms with E-state index >= 15 is 0 Å². The van der Waals surface area contributed by atoms with Crippen LogP contribution >= 0.6 is 0 Å². The van der Waals surface area contributed by atoms with Gasteiger partial charge in [0, 0.05) is 19.1 Å². The van der Waals surface area contributed by atoms with E-state index in [1.165, 1.54) is 0 Å². The van der Waals surface area contributed by atoms with Gasteiger partial charge in [0.15, 0.2) is 9.84 Å². The van der Waals surface area contributed by atoms with Gasteiger partial charge in [0.25, 0.3) is 0 Å². The Labute approximate surface area is 102 Å². The molecule has 0 aromatic heterocycles. The van der Waals surface area contributed by atoms with Gasteiger partial charge in [-0.2, -0.15) is 0 Å². The molecule has 0 amide bonds. The molecule has 1 aliphatic heterocycles. The highest BCUT2D eigenvalue weighted by Gasteiger charge is 2.29. The average Bonchev–Trinajstić information content (AvgIpc) is 2.22. The molecule has 0 radical (unpaired) electrons. The van der Waals surface area contributed by atoms with Gasteiger partial charge in [-0.3, -0.25) is 0 Å². The lowest BCUT2D eigenvalue weighted by atomic mass is 10.1. The van der Waals surface area contributed by atoms with Crippen LogP contribution in [0.1, 0.15) is 12.5 Å². The zero-order chi connectivity index (χ0) is 12.6. The lowest BCUT2D eigenvalue weighted by Gasteiger charge is -2.33. The molecule has 2 N–H and O–H groups in total. The number of sulfone groups is 1. The summed E-state index contributed by atoms with van der Waals surface area (Å²) in [6.45, 7) is 5.09. The summed E-state index contributed by atoms with van der Waals surface area (Å²) in [5.74, 6) is 0.177. The van der Waals surface area contributed by atoms with Crippen LogP contribution in [-0.4, -0.2) is 33.3 Å². The highest BCUT2D eigenvalue weighted by Crippen LogP contribution is 2.33. The van der Waals surface area contributed by atoms with Crippen molar-refractivity contribution in [1.82, 2.24) is 0 Å². The van der Waals surface area contributed by atoms with E-state index in [4.69, 9.17) is 5.73 Å². The van der Waals surface area contributed by atoms with Crippen LogP contribution in [0.25, 0.3) is 0 Å². The third kappa shape index (κ3) is 2.30. The smallest absolute Gasteiger partial charge is 0.182 e. The maximum Gasteiger partial charge on any atom is 0.182 e. The summed E-state index contributed by atoms with van der Waals surface area (Å²) in [7, 11) is -3.12. The number of aryl methyl sites for hydroxylation is 1. The van der Waals surface area contributed by atoms with Gasteiger partial charge in [-0.25, -0.2) is 8.42 Å². The minimum absolute atomic E-state index is 0.0308. The zero-order valence-corrected chi connectivity index (χ0v) is 11.0. The summed E-state index contributed by atoms with van der Waals surface area (Å²) in [5, 5.41) is 0. The fourth-order valence-electron chi connectivity index (χ4n) is 2.27. The summed E-state index contributed by atoms with van der Waals surface area (Å²) in [4.78, 5) is 2.53. The van der Waals surface area contributed by atoms with Gasteiger partial charge in [0.05, 0.1) is 16.3 Å². The summed E-state index contributed by atoms with van der Waals surface area (Å²) < 4.78 is 24.0. The van der Waals surface area contributed by atoms with E-state index in [0.29, 0.717) is 18.0 Å². The molecular weight excluding hydrogens is 236 g/mol. The standard InChI is InChI=1S/C12H18N2O2S/c1-9-4-3-5-11-12(9)14(8-10(2)13)6-7-17(11,15)16/h3-5,10H,6-8,13H2,1-2H3. The molecule has 2 rings (SSSR count). The first-order chi connectivity index (χ1) is 7.92. The van der Waals surface area contributed by atoms with Crippen LogP contribution in [0.5, 0.6) is 0 Å². The largest absolute Gasteiger partial charge is 0.368 e. The molecule has 1 aromatic carbocycles. The Morgan fingerprint density at radius 2 is 2.18 bits per heavy atom. The molecule has 1 aliphatic rings. The fraction of sp³-hybridized carbons (Fsp3) is 0.500. The van der Waals surface area contributed by atoms with Crippen LogP contribution in [0.2, 0.25) is 0 Å². The Bertz CT molecular complexity index is 523. The molecule has 1 unspecified atom stereocenters. The molecule has 0 spiro atoms. The molecule has 1 aromatic rings. The molecule has 4 nitrogen and oxygen atoms in total. The zero-order valence-electron chi connectivity index (χ0n) is 10.2. The van der Waals surface area contributed by atoms with E-state index in [1.807, 2.05) is 19.9 Å². The minimum atomic E-state index is -3.12. The maximum atomic E-state index is 12.0. The van der Waals surface area contributed by atoms with E-state index in [9.17, 15) is 8.42 Å². The van der Waals surface area contributed by atoms with E-state index < -0.39 is 9.84 Å². The summed E-state index contributed by atoms with van der Waals surface area (Å²) in [6, 6.07) is 5.45. The van der Waals surface area contributed by atoms with E-state index in [1.54, 1.807) is 12.1 Å². The summed E-state index contributed by atoms with van der Waals surface area (Å²) >= 11 is 0. The highest BCUT2D eigenvalue weighted by molar-refractivity contribution is 7.91. The van der Waals surface area contributed by atoms with Crippen molar-refractivity contribution in [3.05, 3.63) is 23.8 Å². The summed E-state index contributed by atoms with van der Waals surface area (Å²) in [5.41, 5.74) is 7.63. The normalized spacial score (nSPS) is 19.8. The van der Waals surface area contributed by atoms with Gasteiger partial charge in [0.2, 0.25) is 0 Å². The van der Waals surface area contributed by atoms with Crippen LogP contribution in [0.3, 0.4) is 0 Å². The first-order valence-corrected chi connectivity index (χ1v) is 7.40. The van der Waals surface area contributed by atoms with Gasteiger partial charge >= 0.3 is 0 Å². The van der Waals surface area contributed by atoms with Gasteiger partial charge in [-0.05, 0) is 25.5 Å². The maximum absolute atomic E-state index is 12.0. The molecule has 0 saturated carbocycles. The van der Waals surface area contributed by atoms with Crippen LogP contribution < -0.4 is 10.6 Å². The van der Waals surface area contributed by atoms with E-state index in [-0.39, 0.29) is 11.8 Å². The van der Waals surface area contributed by atoms with Crippen molar-refractivity contribution in [3.63, 3.8) is 0 Å². The molecule has 17 heavy (non-hydrogen) atoms. The lowest BCUT2D eigenvalue weighted by Crippen LogP contribution is -2.42. The predicted molar refractivity (Wildman–Crippen MR) is 69.1 cm³/mol. The molecule has 0 saturated heterocycles. The number of hydrogen-bond acceptors (Lipinski definition) is 4. The van der Waals surface area contributed by atoms with Crippen molar-refractivity contribution in [2.45, 2.75) is 24.8 Å². The molecule has 0 fully saturated rings. The second-order valence-electron chi connectivity index (χ2n) is 4.66. The molecule has 1 heterocycles. The van der Waals surface area contributed by atoms with Crippen LogP contribution in [0.4, 0.5) is 5.69 Å². The second-order valence-corrected chi connectivity index (χ2v) is 6.74. The number of nitrogens with two attached hydrogens (primary N) is 1. The molecule has 94 valence electrons. The molecular formula is C12H18N2O2S. The monoisotopic (exact) mass is 254 g/mol. The Morgan fingerprint density at radius 3 is 2.82 bits per heavy atom. The van der Waals surface area contributed by atoms with E-state index in [2.05, 4.69) is 4.90 Å². The average molecular weight is 254 g/mol. The van der Waals surface area contributed by atoms with Crippen molar-refractivity contribution in [3.8, 4) is 0 Å². The highest BCUT2D eigenvalue weighted by atomic mass is 32.2. The van der Waals surface area contributed by atoms with Crippen molar-refractivity contribution in [2.24, 2.45) is 5.73 Å². The molecule has 5 heteroatoms. The quantitative estimate of drug-likeness (QED) is 0.853. The van der Waals surface area contributed by atoms with E-state index in [0.717, 1.165) is 11.3 Å². The number of para-hydroxylation sites is 1. The number of rotatable bonds is 2. The second kappa shape index (κ2) is 4.31. The number of hydrogen-bond donors (Lipinski definition) is 1. The number of benzene rings is 1. The van der Waals surface area contributed by atoms with Crippen LogP contribution in [0.15, 0.2) is 23.1 Å². The number of fused-ring (bicyclic) bond motifs is 1. The number of anilines is 1. The third-order valence-corrected chi connectivity index (χ3v) is 4.71. The predicted octanol–water partition coefficient (Wildman–Crippen LogP) is 0.936. The topological polar surface area (TPSA) is 63.4 Å². The number of nitrogens with zero attached hydrogens (tertiary/aromatic N) is 1. The third-order valence-electron chi connectivity index (χ3n) is 2.99. The first-order valence-electron chi connectivity index (χ1n) is 5.75. The van der Waals surface area contributed by atoms with Crippen LogP contribution in [0, 0.1) is 6.92 Å². The molecule has 0 bridgehead atoms. The molecule has 1 atom stereocenters. The molecule has 0 aliphatic carbocycles. The lowest BCUT2D eigenvalue weighted by molar-refractivity contribution is 0.585. The van der Waals surface area contributed by atoms with Gasteiger partial charge in [-0.1, -0.05) is 12.1 Å². The first kappa shape index (κ1) is 12.4. The van der Waals surface area contributed by atoms with Gasteiger partial charge < -0.3 is 10.6 Å². The Hall–Kier alpha value is -1.07. The Balaban J connectivity index is 2.53. The van der Waals surface area contributed by atoms with Crippen molar-refractivity contribution in [2.75, 3.05) is 23.7 Å². The van der Waals surface area contributed by atoms with Gasteiger partial charge in [0.1, 0.15) is 0 Å². The van der Waals surface area contributed by atoms with Crippen molar-refractivity contribution >= 4 is 15.5 Å². The van der Waals surface area contributed by atoms with Gasteiger partial charge in [-0.15, -0.1) is 0 Å². The van der Waals surface area contributed by atoms with Crippen LogP contribution in [-0.2, 0) is 9.84 Å². The summed E-state index contributed by atoms with van der Waals surface area (Å²) in [6.07, 6.45) is 0. The van der Waals surface area contributed by atoms with Crippen molar-refractivity contribution in [1.29, 1.82) is 0 Å². The fourth-order valence-corrected chi connectivity index (χ4v) is 3.82.